The largest absolute Gasteiger partial charge is 0.497 e. The lowest BCUT2D eigenvalue weighted by molar-refractivity contribution is 0.102. The SMILES string of the molecule is COc1cccc(S(=O)(=O)N2c3ccc(C(=O)Nc4cccc(S(=O)(=O)N(C)C)c4)cc3C3(CCS(=O)(=O)CC3)C2C2CC2)c1. The van der Waals surface area contributed by atoms with E-state index >= 15 is 0 Å². The third-order valence-corrected chi connectivity index (χ3v) is 14.4. The molecule has 0 aromatic heterocycles. The van der Waals surface area contributed by atoms with Gasteiger partial charge in [0.1, 0.15) is 15.6 Å². The summed E-state index contributed by atoms with van der Waals surface area (Å²) < 4.78 is 87.2. The van der Waals surface area contributed by atoms with Crippen LogP contribution < -0.4 is 14.4 Å². The first kappa shape index (κ1) is 31.5. The van der Waals surface area contributed by atoms with Crippen LogP contribution >= 0.6 is 0 Å². The molecule has 14 heteroatoms. The molecule has 1 spiro atoms. The van der Waals surface area contributed by atoms with E-state index in [2.05, 4.69) is 5.32 Å². The Morgan fingerprint density at radius 2 is 1.60 bits per heavy atom. The zero-order valence-electron chi connectivity index (χ0n) is 25.1. The molecule has 3 aromatic rings. The minimum absolute atomic E-state index is 0.0206. The Morgan fingerprint density at radius 1 is 0.933 bits per heavy atom. The third-order valence-electron chi connectivity index (χ3n) is 9.11. The number of nitrogens with one attached hydrogen (secondary N) is 1. The van der Waals surface area contributed by atoms with Crippen molar-refractivity contribution in [2.45, 2.75) is 46.9 Å². The number of hydrogen-bond acceptors (Lipinski definition) is 8. The molecule has 1 unspecified atom stereocenters. The first-order valence-electron chi connectivity index (χ1n) is 14.6. The number of benzene rings is 3. The van der Waals surface area contributed by atoms with Crippen LogP contribution in [0.5, 0.6) is 5.75 Å². The molecule has 2 fully saturated rings. The van der Waals surface area contributed by atoms with Crippen LogP contribution in [0.15, 0.2) is 76.5 Å². The van der Waals surface area contributed by atoms with E-state index in [1.54, 1.807) is 36.4 Å². The van der Waals surface area contributed by atoms with Gasteiger partial charge in [-0.2, -0.15) is 0 Å². The molecule has 0 radical (unpaired) electrons. The maximum Gasteiger partial charge on any atom is 0.264 e. The lowest BCUT2D eigenvalue weighted by atomic mass is 9.70. The standard InChI is InChI=1S/C31H35N3O8S3/c1-33(2)44(38,39)25-8-4-6-23(19-25)32-30(35)22-12-13-28-27(18-22)31(14-16-43(36,37)17-15-31)29(21-10-11-21)34(28)45(40,41)26-9-5-7-24(20-26)42-3/h4-9,12-13,18-21,29H,10-11,14-17H2,1-3H3,(H,32,35). The Bertz CT molecular complexity index is 1990. The van der Waals surface area contributed by atoms with Gasteiger partial charge in [-0.05, 0) is 85.7 Å². The van der Waals surface area contributed by atoms with E-state index in [4.69, 9.17) is 4.74 Å². The second-order valence-corrected chi connectivity index (χ2v) is 18.3. The molecule has 1 saturated heterocycles. The van der Waals surface area contributed by atoms with Crippen LogP contribution in [-0.2, 0) is 35.3 Å². The van der Waals surface area contributed by atoms with Crippen LogP contribution in [-0.4, -0.2) is 74.2 Å². The van der Waals surface area contributed by atoms with Gasteiger partial charge in [0.2, 0.25) is 10.0 Å². The number of anilines is 2. The Balaban J connectivity index is 1.44. The van der Waals surface area contributed by atoms with Crippen molar-refractivity contribution in [2.75, 3.05) is 42.3 Å². The van der Waals surface area contributed by atoms with E-state index < -0.39 is 47.2 Å². The Morgan fingerprint density at radius 3 is 2.24 bits per heavy atom. The maximum atomic E-state index is 14.4. The van der Waals surface area contributed by atoms with Crippen LogP contribution in [0, 0.1) is 5.92 Å². The number of rotatable bonds is 8. The van der Waals surface area contributed by atoms with Gasteiger partial charge in [-0.25, -0.2) is 29.6 Å². The second-order valence-electron chi connectivity index (χ2n) is 12.1. The predicted molar refractivity (Wildman–Crippen MR) is 170 cm³/mol. The number of ether oxygens (including phenoxy) is 1. The van der Waals surface area contributed by atoms with Crippen LogP contribution in [0.4, 0.5) is 11.4 Å². The van der Waals surface area contributed by atoms with Crippen LogP contribution in [0.25, 0.3) is 0 Å². The molecule has 6 rings (SSSR count). The average molecular weight is 674 g/mol. The summed E-state index contributed by atoms with van der Waals surface area (Å²) in [4.78, 5) is 13.7. The van der Waals surface area contributed by atoms with Crippen molar-refractivity contribution in [2.24, 2.45) is 5.92 Å². The molecule has 1 aliphatic carbocycles. The van der Waals surface area contributed by atoms with Crippen molar-refractivity contribution in [3.8, 4) is 5.75 Å². The molecule has 3 aliphatic rings. The number of nitrogens with zero attached hydrogens (tertiary/aromatic N) is 2. The first-order valence-corrected chi connectivity index (χ1v) is 19.3. The molecule has 3 aromatic carbocycles. The summed E-state index contributed by atoms with van der Waals surface area (Å²) in [5.74, 6) is -0.227. The Labute approximate surface area is 264 Å². The molecule has 2 heterocycles. The van der Waals surface area contributed by atoms with Gasteiger partial charge >= 0.3 is 0 Å². The van der Waals surface area contributed by atoms with Gasteiger partial charge in [-0.15, -0.1) is 0 Å². The van der Waals surface area contributed by atoms with E-state index in [0.717, 1.165) is 17.1 Å². The van der Waals surface area contributed by atoms with Gasteiger partial charge in [0.15, 0.2) is 0 Å². The zero-order chi connectivity index (χ0) is 32.4. The fraction of sp³-hybridized carbons (Fsp3) is 0.387. The smallest absolute Gasteiger partial charge is 0.264 e. The molecule has 1 atom stereocenters. The Hall–Kier alpha value is -3.46. The van der Waals surface area contributed by atoms with Crippen molar-refractivity contribution in [3.05, 3.63) is 77.9 Å². The molecule has 11 nitrogen and oxygen atoms in total. The minimum Gasteiger partial charge on any atom is -0.497 e. The second kappa shape index (κ2) is 11.1. The summed E-state index contributed by atoms with van der Waals surface area (Å²) in [6.07, 6.45) is 2.11. The summed E-state index contributed by atoms with van der Waals surface area (Å²) in [6.45, 7) is 0. The molecule has 240 valence electrons. The molecule has 1 saturated carbocycles. The summed E-state index contributed by atoms with van der Waals surface area (Å²) in [5.41, 5.74) is 0.795. The maximum absolute atomic E-state index is 14.4. The lowest BCUT2D eigenvalue weighted by Gasteiger charge is -2.41. The predicted octanol–water partition coefficient (Wildman–Crippen LogP) is 3.63. The van der Waals surface area contributed by atoms with E-state index in [1.807, 2.05) is 0 Å². The highest BCUT2D eigenvalue weighted by Crippen LogP contribution is 2.59. The third kappa shape index (κ3) is 5.51. The highest BCUT2D eigenvalue weighted by Gasteiger charge is 2.60. The molecule has 0 bridgehead atoms. The van der Waals surface area contributed by atoms with E-state index in [0.29, 0.717) is 17.0 Å². The van der Waals surface area contributed by atoms with Crippen molar-refractivity contribution in [1.82, 2.24) is 4.31 Å². The van der Waals surface area contributed by atoms with Gasteiger partial charge in [-0.3, -0.25) is 9.10 Å². The Kier molecular flexibility index (Phi) is 7.78. The van der Waals surface area contributed by atoms with Crippen molar-refractivity contribution >= 4 is 47.2 Å². The van der Waals surface area contributed by atoms with Gasteiger partial charge < -0.3 is 10.1 Å². The number of methoxy groups -OCH3 is 1. The molecule has 45 heavy (non-hydrogen) atoms. The highest BCUT2D eigenvalue weighted by molar-refractivity contribution is 7.93. The van der Waals surface area contributed by atoms with Crippen molar-refractivity contribution in [3.63, 3.8) is 0 Å². The molecule has 2 aliphatic heterocycles. The first-order chi connectivity index (χ1) is 21.2. The van der Waals surface area contributed by atoms with Gasteiger partial charge in [0.25, 0.3) is 15.9 Å². The summed E-state index contributed by atoms with van der Waals surface area (Å²) in [5, 5.41) is 2.77. The topological polar surface area (TPSA) is 147 Å². The van der Waals surface area contributed by atoms with Crippen molar-refractivity contribution in [1.29, 1.82) is 0 Å². The molecular formula is C31H35N3O8S3. The summed E-state index contributed by atoms with van der Waals surface area (Å²) in [6, 6.07) is 16.6. The number of fused-ring (bicyclic) bond motifs is 2. The van der Waals surface area contributed by atoms with Gasteiger partial charge in [0.05, 0.1) is 40.1 Å². The lowest BCUT2D eigenvalue weighted by Crippen LogP contribution is -2.52. The molecular weight excluding hydrogens is 639 g/mol. The fourth-order valence-corrected chi connectivity index (χ4v) is 11.0. The number of amides is 1. The minimum atomic E-state index is -4.11. The number of carbonyl (C=O) groups is 1. The van der Waals surface area contributed by atoms with Crippen molar-refractivity contribution < 1.29 is 34.8 Å². The van der Waals surface area contributed by atoms with E-state index in [-0.39, 0.29) is 51.3 Å². The monoisotopic (exact) mass is 673 g/mol. The molecule has 1 N–H and O–H groups in total. The van der Waals surface area contributed by atoms with E-state index in [1.165, 1.54) is 55.8 Å². The van der Waals surface area contributed by atoms with Crippen LogP contribution in [0.1, 0.15) is 41.6 Å². The average Bonchev–Trinajstić information content (AvgIpc) is 3.81. The van der Waals surface area contributed by atoms with E-state index in [9.17, 15) is 30.0 Å². The highest BCUT2D eigenvalue weighted by atomic mass is 32.2. The van der Waals surface area contributed by atoms with Gasteiger partial charge in [0, 0.05) is 36.8 Å². The van der Waals surface area contributed by atoms with Crippen LogP contribution in [0.2, 0.25) is 0 Å². The number of sulfone groups is 1. The normalized spacial score (nSPS) is 20.6. The number of hydrogen-bond donors (Lipinski definition) is 1. The summed E-state index contributed by atoms with van der Waals surface area (Å²) in [7, 11) is -6.83. The number of sulfonamides is 2. The molecule has 1 amide bonds. The quantitative estimate of drug-likeness (QED) is 0.382. The van der Waals surface area contributed by atoms with Crippen LogP contribution in [0.3, 0.4) is 0 Å². The zero-order valence-corrected chi connectivity index (χ0v) is 27.6. The fourth-order valence-electron chi connectivity index (χ4n) is 6.63. The number of carbonyl (C=O) groups excluding carboxylic acids is 1. The van der Waals surface area contributed by atoms with Gasteiger partial charge in [-0.1, -0.05) is 12.1 Å². The summed E-state index contributed by atoms with van der Waals surface area (Å²) >= 11 is 0.